The number of halogens is 12. The van der Waals surface area contributed by atoms with Gasteiger partial charge in [-0.25, -0.2) is 39.9 Å². The summed E-state index contributed by atoms with van der Waals surface area (Å²) >= 11 is 1.51. The zero-order chi connectivity index (χ0) is 84.3. The molecule has 9 heterocycles. The standard InChI is InChI=1S/C23H15F3N6.C21H13F3N6S.C21H17F3N6.C20H15F3N6/c24-23(25,26)17-12-6-4-10-15(17)20-27-18-13-7-5-11-16(18)21(28-20)30-22-29-19(31-32-22)14-8-2-1-3-9-14;22-21(23,24)14-8-3-1-6-12(14)17-25-15-9-4-2-7-13(15)18(26-17)27-20-28-19(29-30-20)16-10-5-11-31-16;22-21(23,24)15-7-3-1-5-13(15)18-25-16-8-4-2-6-14(16)19(27-18)28-20-26-17(29-30-20)11-12-9-10-12;21-20(22,23)14-7-3-1-5-12(14)17-24-15-8-4-2-6-13(15)18(25-17)27-19-26-16(28-29-19)11-9-10-11/h1-13H,(H2,27,28,29,30,31,32);1-11H,(H2,25,26,27,28,29,30);1-8,12H,9-11H2,(H2,25,26,27,28,29,30);1-8,11H,9-10H2,(H2,24,25,26,27,28,29). The molecule has 610 valence electrons. The van der Waals surface area contributed by atoms with Crippen molar-refractivity contribution in [1.29, 1.82) is 0 Å². The second-order valence-electron chi connectivity index (χ2n) is 27.8. The number of hydrogen-bond acceptors (Lipinski definition) is 21. The number of benzene rings is 9. The van der Waals surface area contributed by atoms with Gasteiger partial charge in [0.05, 0.1) is 49.2 Å². The summed E-state index contributed by atoms with van der Waals surface area (Å²) < 4.78 is 162. The smallest absolute Gasteiger partial charge is 0.307 e. The Labute approximate surface area is 685 Å². The molecule has 9 aromatic heterocycles. The van der Waals surface area contributed by atoms with E-state index in [2.05, 4.69) is 122 Å². The SMILES string of the molecule is FC(F)(F)c1ccccc1-c1nc(Nc2n[nH]c(-c3ccccc3)n2)c2ccccc2n1.FC(F)(F)c1ccccc1-c1nc(Nc2n[nH]c(-c3cccs3)n2)c2ccccc2n1.FC(F)(F)c1ccccc1-c1nc(Nc2n[nH]c(C3CC3)n2)c2ccccc2n1.FC(F)(F)c1ccccc1-c1nc(Nc2n[nH]c(CC3CC3)n2)c2ccccc2n1. The van der Waals surface area contributed by atoms with Gasteiger partial charge in [0, 0.05) is 61.7 Å². The van der Waals surface area contributed by atoms with E-state index in [1.54, 1.807) is 84.9 Å². The van der Waals surface area contributed by atoms with Gasteiger partial charge in [0.1, 0.15) is 34.9 Å². The van der Waals surface area contributed by atoms with Gasteiger partial charge in [0.2, 0.25) is 23.8 Å². The number of anilines is 8. The van der Waals surface area contributed by atoms with Gasteiger partial charge in [-0.3, -0.25) is 20.4 Å². The maximum atomic E-state index is 13.6. The van der Waals surface area contributed by atoms with Crippen molar-refractivity contribution >= 4 is 102 Å². The van der Waals surface area contributed by atoms with Gasteiger partial charge >= 0.3 is 24.7 Å². The molecule has 0 atom stereocenters. The first-order chi connectivity index (χ1) is 58.9. The normalized spacial score (nSPS) is 12.9. The maximum absolute atomic E-state index is 13.6. The van der Waals surface area contributed by atoms with Crippen molar-refractivity contribution in [1.82, 2.24) is 101 Å². The number of nitrogens with zero attached hydrogens (tertiary/aromatic N) is 16. The van der Waals surface area contributed by atoms with Gasteiger partial charge in [-0.15, -0.1) is 31.7 Å². The predicted octanol–water partition coefficient (Wildman–Crippen LogP) is 21.9. The zero-order valence-electron chi connectivity index (χ0n) is 62.9. The van der Waals surface area contributed by atoms with Gasteiger partial charge in [-0.05, 0) is 116 Å². The first kappa shape index (κ1) is 79.4. The van der Waals surface area contributed by atoms with Crippen LogP contribution < -0.4 is 21.3 Å². The largest absolute Gasteiger partial charge is 0.417 e. The van der Waals surface area contributed by atoms with Crippen molar-refractivity contribution in [3.8, 4) is 67.6 Å². The van der Waals surface area contributed by atoms with Gasteiger partial charge in [-0.1, -0.05) is 158 Å². The van der Waals surface area contributed by atoms with Crippen LogP contribution in [0.1, 0.15) is 65.5 Å². The average Bonchev–Trinajstić information content (AvgIpc) is 1.75. The van der Waals surface area contributed by atoms with Crippen LogP contribution in [0, 0.1) is 5.92 Å². The van der Waals surface area contributed by atoms with E-state index in [0.717, 1.165) is 65.6 Å². The van der Waals surface area contributed by atoms with E-state index in [4.69, 9.17) is 0 Å². The summed E-state index contributed by atoms with van der Waals surface area (Å²) in [6.45, 7) is 0. The monoisotopic (exact) mass is 1680 g/mol. The van der Waals surface area contributed by atoms with Crippen LogP contribution in [-0.2, 0) is 31.1 Å². The fourth-order valence-corrected chi connectivity index (χ4v) is 13.7. The topological polar surface area (TPSA) is 318 Å². The minimum absolute atomic E-state index is 0.0159. The van der Waals surface area contributed by atoms with Crippen LogP contribution >= 0.6 is 11.3 Å². The van der Waals surface area contributed by atoms with Crippen molar-refractivity contribution in [3.63, 3.8) is 0 Å². The van der Waals surface area contributed by atoms with E-state index in [9.17, 15) is 52.7 Å². The Balaban J connectivity index is 0.000000116. The Hall–Kier alpha value is -15.0. The molecule has 0 aliphatic heterocycles. The van der Waals surface area contributed by atoms with Crippen molar-refractivity contribution < 1.29 is 52.7 Å². The van der Waals surface area contributed by atoms with Gasteiger partial charge in [0.25, 0.3) is 0 Å². The molecule has 37 heteroatoms. The second kappa shape index (κ2) is 33.4. The summed E-state index contributed by atoms with van der Waals surface area (Å²) in [7, 11) is 0. The van der Waals surface area contributed by atoms with Crippen LogP contribution in [0.5, 0.6) is 0 Å². The van der Waals surface area contributed by atoms with Crippen LogP contribution in [0.25, 0.3) is 111 Å². The Morgan fingerprint density at radius 1 is 0.303 bits per heavy atom. The summed E-state index contributed by atoms with van der Waals surface area (Å²) in [5, 5.41) is 44.8. The number of fused-ring (bicyclic) bond motifs is 4. The number of H-pyrrole nitrogens is 4. The van der Waals surface area contributed by atoms with Crippen LogP contribution in [-0.4, -0.2) is 101 Å². The lowest BCUT2D eigenvalue weighted by molar-refractivity contribution is -0.137. The Morgan fingerprint density at radius 3 is 1.00 bits per heavy atom. The number of thiophene rings is 1. The summed E-state index contributed by atoms with van der Waals surface area (Å²) in [5.41, 5.74) is -0.633. The third-order valence-corrected chi connectivity index (χ3v) is 20.1. The molecule has 0 saturated heterocycles. The zero-order valence-corrected chi connectivity index (χ0v) is 63.7. The summed E-state index contributed by atoms with van der Waals surface area (Å²) in [4.78, 5) is 53.7. The van der Waals surface area contributed by atoms with E-state index in [-0.39, 0.29) is 57.4 Å². The van der Waals surface area contributed by atoms with E-state index in [1.165, 1.54) is 97.0 Å². The lowest BCUT2D eigenvalue weighted by Gasteiger charge is -2.13. The molecule has 0 radical (unpaired) electrons. The van der Waals surface area contributed by atoms with Crippen LogP contribution in [0.4, 0.5) is 99.7 Å². The van der Waals surface area contributed by atoms with Crippen molar-refractivity contribution in [2.75, 3.05) is 21.3 Å². The highest BCUT2D eigenvalue weighted by Crippen LogP contribution is 2.44. The lowest BCUT2D eigenvalue weighted by atomic mass is 10.1. The number of rotatable bonds is 17. The summed E-state index contributed by atoms with van der Waals surface area (Å²) in [6.07, 6.45) is -12.7. The molecule has 2 fully saturated rings. The molecule has 0 bridgehead atoms. The Morgan fingerprint density at radius 2 is 0.631 bits per heavy atom. The number of nitrogens with one attached hydrogen (secondary N) is 8. The molecule has 0 spiro atoms. The van der Waals surface area contributed by atoms with E-state index >= 15 is 0 Å². The van der Waals surface area contributed by atoms with Gasteiger partial charge in [-0.2, -0.15) is 72.6 Å². The number of alkyl halides is 12. The summed E-state index contributed by atoms with van der Waals surface area (Å²) in [5.74, 6) is 6.10. The third kappa shape index (κ3) is 18.2. The molecular formula is C85H60F12N24S. The molecule has 20 rings (SSSR count). The Bertz CT molecular complexity index is 6780. The molecule has 2 aliphatic carbocycles. The van der Waals surface area contributed by atoms with Crippen LogP contribution in [0.15, 0.2) is 242 Å². The summed E-state index contributed by atoms with van der Waals surface area (Å²) in [6, 6.07) is 62.7. The molecule has 0 amide bonds. The number of aromatic amines is 4. The van der Waals surface area contributed by atoms with E-state index < -0.39 is 47.0 Å². The second-order valence-corrected chi connectivity index (χ2v) is 28.7. The first-order valence-corrected chi connectivity index (χ1v) is 38.4. The highest BCUT2D eigenvalue weighted by Gasteiger charge is 2.39. The molecule has 24 nitrogen and oxygen atoms in total. The van der Waals surface area contributed by atoms with E-state index in [1.807, 2.05) is 60.0 Å². The minimum atomic E-state index is -4.53. The van der Waals surface area contributed by atoms with Crippen molar-refractivity contribution in [2.24, 2.45) is 5.92 Å². The van der Waals surface area contributed by atoms with Gasteiger partial charge in [0.15, 0.2) is 34.9 Å². The Kier molecular flexibility index (Phi) is 21.7. The van der Waals surface area contributed by atoms with Crippen LogP contribution in [0.3, 0.4) is 0 Å². The van der Waals surface area contributed by atoms with Crippen molar-refractivity contribution in [3.05, 3.63) is 276 Å². The van der Waals surface area contributed by atoms with Gasteiger partial charge < -0.3 is 21.3 Å². The van der Waals surface area contributed by atoms with Crippen LogP contribution in [0.2, 0.25) is 0 Å². The lowest BCUT2D eigenvalue weighted by Crippen LogP contribution is -2.09. The number of para-hydroxylation sites is 4. The fourth-order valence-electron chi connectivity index (χ4n) is 13.1. The van der Waals surface area contributed by atoms with Crippen molar-refractivity contribution in [2.45, 2.75) is 62.7 Å². The quantitative estimate of drug-likeness (QED) is 0.0393. The minimum Gasteiger partial charge on any atom is -0.307 e. The molecular weight excluding hydrogens is 1620 g/mol. The average molecular weight is 1680 g/mol. The molecule has 0 unspecified atom stereocenters. The molecule has 2 aliphatic rings. The molecule has 8 N–H and O–H groups in total. The highest BCUT2D eigenvalue weighted by molar-refractivity contribution is 7.13. The first-order valence-electron chi connectivity index (χ1n) is 37.5. The molecule has 2 saturated carbocycles. The predicted molar refractivity (Wildman–Crippen MR) is 436 cm³/mol. The number of hydrogen-bond donors (Lipinski definition) is 8. The molecule has 9 aromatic carbocycles. The fraction of sp³-hybridized carbons (Fsp3) is 0.129. The highest BCUT2D eigenvalue weighted by atomic mass is 32.1. The number of aromatic nitrogens is 20. The third-order valence-electron chi connectivity index (χ3n) is 19.2. The molecule has 122 heavy (non-hydrogen) atoms. The van der Waals surface area contributed by atoms with E-state index in [0.29, 0.717) is 102 Å². The molecule has 18 aromatic rings. The maximum Gasteiger partial charge on any atom is 0.417 e.